The number of carboxylic acids is 1. The van der Waals surface area contributed by atoms with Gasteiger partial charge in [0.05, 0.1) is 5.92 Å². The molecule has 1 atom stereocenters. The molecule has 1 aromatic heterocycles. The highest BCUT2D eigenvalue weighted by atomic mass is 16.4. The fourth-order valence-corrected chi connectivity index (χ4v) is 3.82. The molecule has 0 saturated carbocycles. The lowest BCUT2D eigenvalue weighted by Gasteiger charge is -2.30. The van der Waals surface area contributed by atoms with Gasteiger partial charge in [0, 0.05) is 37.6 Å². The van der Waals surface area contributed by atoms with E-state index < -0.39 is 5.97 Å². The summed E-state index contributed by atoms with van der Waals surface area (Å²) in [4.78, 5) is 13.5. The van der Waals surface area contributed by atoms with Gasteiger partial charge in [0.2, 0.25) is 0 Å². The molecule has 0 amide bonds. The summed E-state index contributed by atoms with van der Waals surface area (Å²) in [6, 6.07) is 12.7. The van der Waals surface area contributed by atoms with Crippen molar-refractivity contribution in [3.63, 3.8) is 0 Å². The summed E-state index contributed by atoms with van der Waals surface area (Å²) in [7, 11) is 2.07. The zero-order valence-electron chi connectivity index (χ0n) is 15.7. The molecule has 1 aliphatic rings. The lowest BCUT2D eigenvalue weighted by molar-refractivity contribution is -0.143. The zero-order valence-corrected chi connectivity index (χ0v) is 15.7. The van der Waals surface area contributed by atoms with Gasteiger partial charge in [-0.25, -0.2) is 0 Å². The molecule has 1 saturated heterocycles. The quantitative estimate of drug-likeness (QED) is 0.856. The number of aromatic nitrogens is 1. The maximum Gasteiger partial charge on any atom is 0.307 e. The summed E-state index contributed by atoms with van der Waals surface area (Å²) < 4.78 is 2.15. The molecule has 0 aliphatic carbocycles. The van der Waals surface area contributed by atoms with E-state index in [1.807, 2.05) is 0 Å². The van der Waals surface area contributed by atoms with Crippen molar-refractivity contribution >= 4 is 11.5 Å². The van der Waals surface area contributed by atoms with Crippen LogP contribution in [0.15, 0.2) is 48.7 Å². The minimum Gasteiger partial charge on any atom is -0.481 e. The number of hydrogen-bond acceptors (Lipinski definition) is 2. The van der Waals surface area contributed by atoms with Gasteiger partial charge in [-0.3, -0.25) is 4.79 Å². The first-order valence-electron chi connectivity index (χ1n) is 9.39. The molecule has 1 fully saturated rings. The van der Waals surface area contributed by atoms with Crippen LogP contribution in [0.5, 0.6) is 0 Å². The number of nitrogens with zero attached hydrogens (tertiary/aromatic N) is 2. The Morgan fingerprint density at radius 1 is 1.27 bits per heavy atom. The highest BCUT2D eigenvalue weighted by Crippen LogP contribution is 2.27. The van der Waals surface area contributed by atoms with E-state index in [-0.39, 0.29) is 5.92 Å². The second-order valence-electron chi connectivity index (χ2n) is 7.20. The normalized spacial score (nSPS) is 18.8. The minimum atomic E-state index is -0.658. The molecule has 1 N–H and O–H groups in total. The Morgan fingerprint density at radius 3 is 2.77 bits per heavy atom. The molecule has 4 nitrogen and oxygen atoms in total. The van der Waals surface area contributed by atoms with Crippen LogP contribution in [0, 0.1) is 12.8 Å². The number of hydrogen-bond donors (Lipinski definition) is 1. The average Bonchev–Trinajstić information content (AvgIpc) is 3.06. The minimum absolute atomic E-state index is 0.212. The van der Waals surface area contributed by atoms with E-state index in [1.54, 1.807) is 0 Å². The number of likely N-dealkylation sites (tertiary alicyclic amines) is 1. The first-order valence-corrected chi connectivity index (χ1v) is 9.39. The average molecular weight is 352 g/mol. The van der Waals surface area contributed by atoms with E-state index in [0.717, 1.165) is 32.4 Å². The molecule has 4 heteroatoms. The largest absolute Gasteiger partial charge is 0.481 e. The molecule has 0 radical (unpaired) electrons. The molecular formula is C22H28N2O2. The van der Waals surface area contributed by atoms with Gasteiger partial charge in [-0.2, -0.15) is 0 Å². The number of aliphatic carboxylic acids is 1. The molecule has 1 aromatic carbocycles. The molecule has 2 aromatic rings. The van der Waals surface area contributed by atoms with E-state index in [9.17, 15) is 9.90 Å². The van der Waals surface area contributed by atoms with Crippen molar-refractivity contribution in [1.29, 1.82) is 0 Å². The lowest BCUT2D eigenvalue weighted by Crippen LogP contribution is -2.39. The number of rotatable bonds is 6. The van der Waals surface area contributed by atoms with Crippen LogP contribution in [0.4, 0.5) is 0 Å². The van der Waals surface area contributed by atoms with E-state index >= 15 is 0 Å². The third-order valence-corrected chi connectivity index (χ3v) is 5.30. The Kier molecular flexibility index (Phi) is 5.94. The molecular weight excluding hydrogens is 324 g/mol. The predicted molar refractivity (Wildman–Crippen MR) is 105 cm³/mol. The van der Waals surface area contributed by atoms with Crippen molar-refractivity contribution in [1.82, 2.24) is 9.47 Å². The van der Waals surface area contributed by atoms with Crippen molar-refractivity contribution in [2.45, 2.75) is 26.2 Å². The first kappa shape index (κ1) is 18.5. The molecule has 2 heterocycles. The van der Waals surface area contributed by atoms with Gasteiger partial charge in [-0.05, 0) is 56.0 Å². The molecule has 0 bridgehead atoms. The molecule has 1 aliphatic heterocycles. The number of piperidine rings is 1. The fraction of sp³-hybridized carbons (Fsp3) is 0.409. The maximum atomic E-state index is 11.3. The molecule has 26 heavy (non-hydrogen) atoms. The number of aryl methyl sites for hydroxylation is 2. The van der Waals surface area contributed by atoms with Crippen molar-refractivity contribution < 1.29 is 9.90 Å². The molecule has 0 spiro atoms. The molecule has 138 valence electrons. The Labute approximate surface area is 155 Å². The van der Waals surface area contributed by atoms with E-state index in [0.29, 0.717) is 6.54 Å². The zero-order chi connectivity index (χ0) is 18.5. The smallest absolute Gasteiger partial charge is 0.307 e. The first-order chi connectivity index (χ1) is 12.6. The van der Waals surface area contributed by atoms with Crippen LogP contribution in [0.3, 0.4) is 0 Å². The lowest BCUT2D eigenvalue weighted by atomic mass is 9.96. The van der Waals surface area contributed by atoms with Gasteiger partial charge in [-0.15, -0.1) is 0 Å². The van der Waals surface area contributed by atoms with Crippen LogP contribution < -0.4 is 0 Å². The Morgan fingerprint density at radius 2 is 2.08 bits per heavy atom. The highest BCUT2D eigenvalue weighted by Gasteiger charge is 2.24. The van der Waals surface area contributed by atoms with Gasteiger partial charge in [0.15, 0.2) is 0 Å². The Balaban J connectivity index is 1.77. The Hall–Kier alpha value is -2.33. The van der Waals surface area contributed by atoms with E-state index in [1.165, 1.54) is 22.4 Å². The van der Waals surface area contributed by atoms with Gasteiger partial charge in [0.25, 0.3) is 0 Å². The second kappa shape index (κ2) is 8.37. The predicted octanol–water partition coefficient (Wildman–Crippen LogP) is 3.95. The van der Waals surface area contributed by atoms with Gasteiger partial charge in [-0.1, -0.05) is 30.3 Å². The van der Waals surface area contributed by atoms with Crippen molar-refractivity contribution in [2.24, 2.45) is 13.0 Å². The van der Waals surface area contributed by atoms with Gasteiger partial charge >= 0.3 is 5.97 Å². The third kappa shape index (κ3) is 4.25. The summed E-state index contributed by atoms with van der Waals surface area (Å²) in [6.45, 7) is 4.73. The number of carbonyl (C=O) groups is 1. The van der Waals surface area contributed by atoms with Gasteiger partial charge < -0.3 is 14.6 Å². The van der Waals surface area contributed by atoms with Crippen LogP contribution in [0.25, 0.3) is 5.57 Å². The molecule has 3 rings (SSSR count). The summed E-state index contributed by atoms with van der Waals surface area (Å²) >= 11 is 0. The van der Waals surface area contributed by atoms with Crippen LogP contribution >= 0.6 is 0 Å². The van der Waals surface area contributed by atoms with Crippen molar-refractivity contribution in [2.75, 3.05) is 19.6 Å². The summed E-state index contributed by atoms with van der Waals surface area (Å²) in [5.41, 5.74) is 4.99. The standard InChI is InChI=1S/C22H28N2O2/c1-17-8-3-4-10-19(17)20(21-12-7-13-23(21)2)11-6-15-24-14-5-9-18(16-24)22(25)26/h3-4,7-8,10-13,18H,5-6,9,14-16H2,1-2H3,(H,25,26)/b20-11-. The van der Waals surface area contributed by atoms with E-state index in [2.05, 4.69) is 72.1 Å². The summed E-state index contributed by atoms with van der Waals surface area (Å²) in [5.74, 6) is -0.869. The van der Waals surface area contributed by atoms with Crippen LogP contribution in [-0.4, -0.2) is 40.2 Å². The van der Waals surface area contributed by atoms with Crippen LogP contribution in [0.1, 0.15) is 36.1 Å². The van der Waals surface area contributed by atoms with Crippen LogP contribution in [0.2, 0.25) is 0 Å². The molecule has 1 unspecified atom stereocenters. The summed E-state index contributed by atoms with van der Waals surface area (Å²) in [6.07, 6.45) is 7.08. The SMILES string of the molecule is Cc1ccccc1/C(=C/CCN1CCCC(C(=O)O)C1)c1cccn1C. The van der Waals surface area contributed by atoms with Crippen LogP contribution in [-0.2, 0) is 11.8 Å². The third-order valence-electron chi connectivity index (χ3n) is 5.30. The highest BCUT2D eigenvalue weighted by molar-refractivity contribution is 5.80. The topological polar surface area (TPSA) is 45.5 Å². The number of benzene rings is 1. The van der Waals surface area contributed by atoms with Gasteiger partial charge in [0.1, 0.15) is 0 Å². The number of carboxylic acid groups (broad SMARTS) is 1. The fourth-order valence-electron chi connectivity index (χ4n) is 3.82. The monoisotopic (exact) mass is 352 g/mol. The summed E-state index contributed by atoms with van der Waals surface area (Å²) in [5, 5.41) is 9.26. The van der Waals surface area contributed by atoms with Crippen molar-refractivity contribution in [3.8, 4) is 0 Å². The maximum absolute atomic E-state index is 11.3. The second-order valence-corrected chi connectivity index (χ2v) is 7.20. The Bertz CT molecular complexity index is 791. The van der Waals surface area contributed by atoms with E-state index in [4.69, 9.17) is 0 Å². The van der Waals surface area contributed by atoms with Crippen molar-refractivity contribution in [3.05, 3.63) is 65.5 Å².